The van der Waals surface area contributed by atoms with Crippen molar-refractivity contribution in [3.63, 3.8) is 0 Å². The molecule has 0 aliphatic carbocycles. The van der Waals surface area contributed by atoms with Crippen LogP contribution in [-0.2, 0) is 6.54 Å². The van der Waals surface area contributed by atoms with E-state index in [0.717, 1.165) is 38.0 Å². The smallest absolute Gasteiger partial charge is 0.0746 e. The summed E-state index contributed by atoms with van der Waals surface area (Å²) < 4.78 is 0. The Bertz CT molecular complexity index is 574. The molecule has 1 N–H and O–H groups in total. The second-order valence-electron chi connectivity index (χ2n) is 5.80. The van der Waals surface area contributed by atoms with E-state index in [1.807, 2.05) is 19.2 Å². The van der Waals surface area contributed by atoms with Crippen molar-refractivity contribution in [1.82, 2.24) is 9.88 Å². The number of hydrogen-bond donors (Lipinski definition) is 1. The molecule has 1 saturated heterocycles. The molecule has 0 amide bonds. The molecule has 0 saturated carbocycles. The zero-order valence-electron chi connectivity index (χ0n) is 11.3. The molecule has 3 rings (SSSR count). The lowest BCUT2D eigenvalue weighted by Crippen LogP contribution is -2.45. The third-order valence-electron chi connectivity index (χ3n) is 3.86. The molecule has 2 heterocycles. The first-order chi connectivity index (χ1) is 9.14. The van der Waals surface area contributed by atoms with Gasteiger partial charge in [-0.05, 0) is 37.9 Å². The Hall–Kier alpha value is -1.45. The molecule has 1 aliphatic rings. The van der Waals surface area contributed by atoms with Crippen molar-refractivity contribution in [3.05, 3.63) is 42.1 Å². The minimum atomic E-state index is -0.545. The topological polar surface area (TPSA) is 36.4 Å². The van der Waals surface area contributed by atoms with Gasteiger partial charge in [0, 0.05) is 24.7 Å². The number of nitrogens with zero attached hydrogens (tertiary/aromatic N) is 2. The summed E-state index contributed by atoms with van der Waals surface area (Å²) in [5, 5.41) is 11.4. The summed E-state index contributed by atoms with van der Waals surface area (Å²) in [6.07, 6.45) is 3.81. The Kier molecular flexibility index (Phi) is 3.25. The van der Waals surface area contributed by atoms with Crippen molar-refractivity contribution in [2.24, 2.45) is 0 Å². The van der Waals surface area contributed by atoms with Crippen molar-refractivity contribution in [2.75, 3.05) is 13.1 Å². The number of hydrogen-bond acceptors (Lipinski definition) is 3. The van der Waals surface area contributed by atoms with Gasteiger partial charge in [-0.1, -0.05) is 24.3 Å². The number of pyridine rings is 1. The molecule has 1 aromatic carbocycles. The lowest BCUT2D eigenvalue weighted by molar-refractivity contribution is -0.0180. The average Bonchev–Trinajstić information content (AvgIpc) is 2.38. The van der Waals surface area contributed by atoms with Gasteiger partial charge >= 0.3 is 0 Å². The Morgan fingerprint density at radius 2 is 2.16 bits per heavy atom. The standard InChI is InChI=1S/C16H20N2O/c1-16(19)8-4-10-18(12-16)11-14-6-2-5-13-7-3-9-17-15(13)14/h2-3,5-7,9,19H,4,8,10-12H2,1H3. The Morgan fingerprint density at radius 3 is 3.00 bits per heavy atom. The van der Waals surface area contributed by atoms with Gasteiger partial charge in [-0.15, -0.1) is 0 Å². The van der Waals surface area contributed by atoms with Gasteiger partial charge < -0.3 is 5.11 Å². The van der Waals surface area contributed by atoms with Gasteiger partial charge in [0.2, 0.25) is 0 Å². The molecule has 2 aromatic rings. The summed E-state index contributed by atoms with van der Waals surface area (Å²) in [6.45, 7) is 4.60. The fourth-order valence-corrected chi connectivity index (χ4v) is 2.99. The van der Waals surface area contributed by atoms with Crippen molar-refractivity contribution < 1.29 is 5.11 Å². The maximum atomic E-state index is 10.2. The highest BCUT2D eigenvalue weighted by atomic mass is 16.3. The maximum Gasteiger partial charge on any atom is 0.0746 e. The third-order valence-corrected chi connectivity index (χ3v) is 3.86. The third kappa shape index (κ3) is 2.77. The van der Waals surface area contributed by atoms with E-state index in [4.69, 9.17) is 0 Å². The fourth-order valence-electron chi connectivity index (χ4n) is 2.99. The van der Waals surface area contributed by atoms with Gasteiger partial charge in [-0.25, -0.2) is 0 Å². The molecule has 1 fully saturated rings. The monoisotopic (exact) mass is 256 g/mol. The summed E-state index contributed by atoms with van der Waals surface area (Å²) in [6, 6.07) is 10.4. The van der Waals surface area contributed by atoms with Crippen LogP contribution < -0.4 is 0 Å². The molecule has 19 heavy (non-hydrogen) atoms. The van der Waals surface area contributed by atoms with Crippen LogP contribution in [0, 0.1) is 0 Å². The molecule has 0 spiro atoms. The highest BCUT2D eigenvalue weighted by Crippen LogP contribution is 2.24. The van der Waals surface area contributed by atoms with E-state index >= 15 is 0 Å². The Morgan fingerprint density at radius 1 is 1.32 bits per heavy atom. The van der Waals surface area contributed by atoms with Gasteiger partial charge in [0.15, 0.2) is 0 Å². The van der Waals surface area contributed by atoms with Crippen LogP contribution in [0.15, 0.2) is 36.5 Å². The Balaban J connectivity index is 1.85. The van der Waals surface area contributed by atoms with Crippen molar-refractivity contribution in [3.8, 4) is 0 Å². The van der Waals surface area contributed by atoms with Crippen LogP contribution in [-0.4, -0.2) is 33.7 Å². The van der Waals surface area contributed by atoms with Crippen LogP contribution >= 0.6 is 0 Å². The molecule has 3 nitrogen and oxygen atoms in total. The molecule has 3 heteroatoms. The predicted octanol–water partition coefficient (Wildman–Crippen LogP) is 2.58. The van der Waals surface area contributed by atoms with Crippen LogP contribution in [0.4, 0.5) is 0 Å². The van der Waals surface area contributed by atoms with Gasteiger partial charge in [-0.2, -0.15) is 0 Å². The number of fused-ring (bicyclic) bond motifs is 1. The second kappa shape index (κ2) is 4.91. The zero-order valence-corrected chi connectivity index (χ0v) is 11.3. The van der Waals surface area contributed by atoms with Crippen LogP contribution in [0.2, 0.25) is 0 Å². The molecule has 100 valence electrons. The molecule has 0 bridgehead atoms. The summed E-state index contributed by atoms with van der Waals surface area (Å²) in [4.78, 5) is 6.82. The van der Waals surface area contributed by atoms with E-state index in [1.54, 1.807) is 0 Å². The maximum absolute atomic E-state index is 10.2. The van der Waals surface area contributed by atoms with Crippen molar-refractivity contribution >= 4 is 10.9 Å². The van der Waals surface area contributed by atoms with Gasteiger partial charge in [0.25, 0.3) is 0 Å². The van der Waals surface area contributed by atoms with Gasteiger partial charge in [0.1, 0.15) is 0 Å². The number of aromatic nitrogens is 1. The molecule has 1 atom stereocenters. The number of piperidine rings is 1. The van der Waals surface area contributed by atoms with E-state index in [-0.39, 0.29) is 0 Å². The Labute approximate surface area is 113 Å². The molecule has 1 unspecified atom stereocenters. The van der Waals surface area contributed by atoms with Crippen LogP contribution in [0.25, 0.3) is 10.9 Å². The largest absolute Gasteiger partial charge is 0.389 e. The SMILES string of the molecule is CC1(O)CCCN(Cc2cccc3cccnc23)C1. The van der Waals surface area contributed by atoms with Gasteiger partial charge in [-0.3, -0.25) is 9.88 Å². The molecule has 1 aliphatic heterocycles. The van der Waals surface area contributed by atoms with E-state index in [9.17, 15) is 5.11 Å². The average molecular weight is 256 g/mol. The lowest BCUT2D eigenvalue weighted by Gasteiger charge is -2.36. The zero-order chi connectivity index (χ0) is 13.3. The van der Waals surface area contributed by atoms with E-state index < -0.39 is 5.60 Å². The number of para-hydroxylation sites is 1. The summed E-state index contributed by atoms with van der Waals surface area (Å²) in [5.41, 5.74) is 1.78. The highest BCUT2D eigenvalue weighted by molar-refractivity contribution is 5.81. The lowest BCUT2D eigenvalue weighted by atomic mass is 9.94. The first-order valence-corrected chi connectivity index (χ1v) is 6.91. The highest BCUT2D eigenvalue weighted by Gasteiger charge is 2.28. The fraction of sp³-hybridized carbons (Fsp3) is 0.438. The molecule has 0 radical (unpaired) electrons. The predicted molar refractivity (Wildman–Crippen MR) is 76.9 cm³/mol. The normalized spacial score (nSPS) is 24.7. The van der Waals surface area contributed by atoms with E-state index in [0.29, 0.717) is 0 Å². The summed E-state index contributed by atoms with van der Waals surface area (Å²) in [5.74, 6) is 0. The number of aliphatic hydroxyl groups is 1. The number of rotatable bonds is 2. The van der Waals surface area contributed by atoms with Crippen molar-refractivity contribution in [2.45, 2.75) is 31.9 Å². The molecular weight excluding hydrogens is 236 g/mol. The number of likely N-dealkylation sites (tertiary alicyclic amines) is 1. The second-order valence-corrected chi connectivity index (χ2v) is 5.80. The molecule has 1 aromatic heterocycles. The molecular formula is C16H20N2O. The van der Waals surface area contributed by atoms with Crippen LogP contribution in [0.3, 0.4) is 0 Å². The van der Waals surface area contributed by atoms with Crippen LogP contribution in [0.5, 0.6) is 0 Å². The van der Waals surface area contributed by atoms with Gasteiger partial charge in [0.05, 0.1) is 11.1 Å². The number of benzene rings is 1. The van der Waals surface area contributed by atoms with E-state index in [1.165, 1.54) is 10.9 Å². The van der Waals surface area contributed by atoms with Crippen LogP contribution in [0.1, 0.15) is 25.3 Å². The first kappa shape index (κ1) is 12.6. The summed E-state index contributed by atoms with van der Waals surface area (Å²) >= 11 is 0. The summed E-state index contributed by atoms with van der Waals surface area (Å²) in [7, 11) is 0. The van der Waals surface area contributed by atoms with Crippen molar-refractivity contribution in [1.29, 1.82) is 0 Å². The number of β-amino-alcohol motifs (C(OH)–C–C–N with tert-alkyl or cyclic N) is 1. The quantitative estimate of drug-likeness (QED) is 0.897. The minimum Gasteiger partial charge on any atom is -0.389 e. The first-order valence-electron chi connectivity index (χ1n) is 6.91. The van der Waals surface area contributed by atoms with E-state index in [2.05, 4.69) is 34.1 Å². The minimum absolute atomic E-state index is 0.545.